The van der Waals surface area contributed by atoms with E-state index in [4.69, 9.17) is 0 Å². The Morgan fingerprint density at radius 3 is 2.65 bits per heavy atom. The van der Waals surface area contributed by atoms with Crippen molar-refractivity contribution in [2.75, 3.05) is 25.0 Å². The van der Waals surface area contributed by atoms with E-state index in [0.29, 0.717) is 17.6 Å². The normalized spacial score (nSPS) is 16.1. The summed E-state index contributed by atoms with van der Waals surface area (Å²) in [7, 11) is 0. The second-order valence-electron chi connectivity index (χ2n) is 5.75. The third-order valence-electron chi connectivity index (χ3n) is 3.44. The van der Waals surface area contributed by atoms with Gasteiger partial charge in [0.1, 0.15) is 5.69 Å². The third kappa shape index (κ3) is 4.18. The van der Waals surface area contributed by atoms with Crippen LogP contribution in [-0.2, 0) is 0 Å². The molecule has 0 radical (unpaired) electrons. The fourth-order valence-electron chi connectivity index (χ4n) is 2.29. The lowest BCUT2D eigenvalue weighted by Crippen LogP contribution is -2.32. The van der Waals surface area contributed by atoms with Crippen LogP contribution in [0.2, 0.25) is 0 Å². The van der Waals surface area contributed by atoms with Crippen LogP contribution in [-0.4, -0.2) is 40.4 Å². The molecular formula is C15H24N4O. The molecular weight excluding hydrogens is 252 g/mol. The Morgan fingerprint density at radius 1 is 1.30 bits per heavy atom. The molecule has 1 aliphatic rings. The monoisotopic (exact) mass is 276 g/mol. The fraction of sp³-hybridized carbons (Fsp3) is 0.667. The first-order valence-electron chi connectivity index (χ1n) is 7.53. The number of aromatic nitrogens is 2. The lowest BCUT2D eigenvalue weighted by molar-refractivity contribution is 0.0755. The molecule has 2 heterocycles. The maximum Gasteiger partial charge on any atom is 0.272 e. The van der Waals surface area contributed by atoms with Crippen molar-refractivity contribution in [2.24, 2.45) is 5.92 Å². The van der Waals surface area contributed by atoms with Crippen LogP contribution in [0.5, 0.6) is 0 Å². The molecule has 0 atom stereocenters. The van der Waals surface area contributed by atoms with E-state index in [0.717, 1.165) is 32.5 Å². The predicted molar refractivity (Wildman–Crippen MR) is 79.7 cm³/mol. The Balaban J connectivity index is 2.03. The van der Waals surface area contributed by atoms with Gasteiger partial charge >= 0.3 is 0 Å². The first-order chi connectivity index (χ1) is 9.66. The van der Waals surface area contributed by atoms with Crippen molar-refractivity contribution in [3.8, 4) is 0 Å². The quantitative estimate of drug-likeness (QED) is 0.918. The van der Waals surface area contributed by atoms with Crippen LogP contribution in [0.4, 0.5) is 5.95 Å². The molecule has 0 spiro atoms. The molecule has 0 unspecified atom stereocenters. The number of hydrogen-bond donors (Lipinski definition) is 1. The summed E-state index contributed by atoms with van der Waals surface area (Å²) in [6.07, 6.45) is 6.27. The molecule has 110 valence electrons. The molecule has 20 heavy (non-hydrogen) atoms. The molecule has 1 aromatic rings. The summed E-state index contributed by atoms with van der Waals surface area (Å²) >= 11 is 0. The molecule has 0 saturated carbocycles. The molecule has 0 aromatic carbocycles. The van der Waals surface area contributed by atoms with Gasteiger partial charge in [-0.1, -0.05) is 26.7 Å². The second kappa shape index (κ2) is 7.22. The molecule has 5 nitrogen and oxygen atoms in total. The highest BCUT2D eigenvalue weighted by Crippen LogP contribution is 2.13. The van der Waals surface area contributed by atoms with E-state index in [2.05, 4.69) is 29.1 Å². The number of anilines is 1. The number of carbonyl (C=O) groups excluding carboxylic acids is 1. The maximum absolute atomic E-state index is 12.5. The van der Waals surface area contributed by atoms with Crippen LogP contribution in [0.3, 0.4) is 0 Å². The summed E-state index contributed by atoms with van der Waals surface area (Å²) in [5.41, 5.74) is 0.494. The molecule has 2 rings (SSSR count). The van der Waals surface area contributed by atoms with Gasteiger partial charge in [-0.15, -0.1) is 0 Å². The van der Waals surface area contributed by atoms with Crippen LogP contribution in [0.1, 0.15) is 50.0 Å². The maximum atomic E-state index is 12.5. The smallest absolute Gasteiger partial charge is 0.272 e. The minimum atomic E-state index is 0.0295. The molecule has 1 aliphatic heterocycles. The fourth-order valence-corrected chi connectivity index (χ4v) is 2.29. The molecule has 0 aliphatic carbocycles. The topological polar surface area (TPSA) is 58.1 Å². The van der Waals surface area contributed by atoms with Gasteiger partial charge in [-0.2, -0.15) is 0 Å². The van der Waals surface area contributed by atoms with E-state index in [1.807, 2.05) is 4.90 Å². The van der Waals surface area contributed by atoms with Gasteiger partial charge in [0, 0.05) is 25.8 Å². The number of rotatable bonds is 4. The van der Waals surface area contributed by atoms with Crippen molar-refractivity contribution in [1.82, 2.24) is 14.9 Å². The Kier molecular flexibility index (Phi) is 5.32. The molecule has 1 fully saturated rings. The Labute approximate surface area is 120 Å². The number of carbonyl (C=O) groups is 1. The van der Waals surface area contributed by atoms with Crippen LogP contribution < -0.4 is 5.32 Å². The van der Waals surface area contributed by atoms with Crippen molar-refractivity contribution in [1.29, 1.82) is 0 Å². The molecule has 1 saturated heterocycles. The van der Waals surface area contributed by atoms with Gasteiger partial charge in [0.2, 0.25) is 5.95 Å². The first kappa shape index (κ1) is 14.8. The lowest BCUT2D eigenvalue weighted by Gasteiger charge is -2.19. The number of hydrogen-bond acceptors (Lipinski definition) is 4. The number of likely N-dealkylation sites (tertiary alicyclic amines) is 1. The van der Waals surface area contributed by atoms with Crippen LogP contribution in [0, 0.1) is 5.92 Å². The zero-order valence-electron chi connectivity index (χ0n) is 12.4. The van der Waals surface area contributed by atoms with E-state index in [1.54, 1.807) is 12.3 Å². The van der Waals surface area contributed by atoms with E-state index in [1.165, 1.54) is 12.8 Å². The average Bonchev–Trinajstić information content (AvgIpc) is 2.73. The van der Waals surface area contributed by atoms with Gasteiger partial charge in [0.15, 0.2) is 0 Å². The zero-order chi connectivity index (χ0) is 14.4. The van der Waals surface area contributed by atoms with Crippen molar-refractivity contribution in [3.05, 3.63) is 18.0 Å². The van der Waals surface area contributed by atoms with Crippen molar-refractivity contribution in [3.63, 3.8) is 0 Å². The highest BCUT2D eigenvalue weighted by Gasteiger charge is 2.18. The Morgan fingerprint density at radius 2 is 2.00 bits per heavy atom. The number of nitrogens with one attached hydrogen (secondary N) is 1. The Bertz CT molecular complexity index is 439. The molecule has 1 amide bonds. The average molecular weight is 276 g/mol. The highest BCUT2D eigenvalue weighted by molar-refractivity contribution is 5.92. The summed E-state index contributed by atoms with van der Waals surface area (Å²) in [5.74, 6) is 1.09. The summed E-state index contributed by atoms with van der Waals surface area (Å²) in [6, 6.07) is 1.70. The van der Waals surface area contributed by atoms with Gasteiger partial charge in [0.25, 0.3) is 5.91 Å². The highest BCUT2D eigenvalue weighted by atomic mass is 16.2. The lowest BCUT2D eigenvalue weighted by atomic mass is 10.2. The second-order valence-corrected chi connectivity index (χ2v) is 5.75. The minimum absolute atomic E-state index is 0.0295. The third-order valence-corrected chi connectivity index (χ3v) is 3.44. The molecule has 1 aromatic heterocycles. The SMILES string of the molecule is CC(C)CNc1nccc(C(=O)N2CCCCCC2)n1. The van der Waals surface area contributed by atoms with Crippen LogP contribution in [0.15, 0.2) is 12.3 Å². The van der Waals surface area contributed by atoms with Crippen molar-refractivity contribution in [2.45, 2.75) is 39.5 Å². The zero-order valence-corrected chi connectivity index (χ0v) is 12.4. The van der Waals surface area contributed by atoms with Gasteiger partial charge in [-0.3, -0.25) is 4.79 Å². The van der Waals surface area contributed by atoms with Crippen LogP contribution in [0.25, 0.3) is 0 Å². The molecule has 0 bridgehead atoms. The van der Waals surface area contributed by atoms with E-state index in [9.17, 15) is 4.79 Å². The summed E-state index contributed by atoms with van der Waals surface area (Å²) < 4.78 is 0. The summed E-state index contributed by atoms with van der Waals surface area (Å²) in [5, 5.41) is 3.16. The van der Waals surface area contributed by atoms with Gasteiger partial charge < -0.3 is 10.2 Å². The Hall–Kier alpha value is -1.65. The first-order valence-corrected chi connectivity index (χ1v) is 7.53. The van der Waals surface area contributed by atoms with E-state index < -0.39 is 0 Å². The number of amides is 1. The van der Waals surface area contributed by atoms with Gasteiger partial charge in [-0.05, 0) is 24.8 Å². The van der Waals surface area contributed by atoms with Gasteiger partial charge in [-0.25, -0.2) is 9.97 Å². The predicted octanol–water partition coefficient (Wildman–Crippen LogP) is 2.56. The molecule has 5 heteroatoms. The largest absolute Gasteiger partial charge is 0.354 e. The van der Waals surface area contributed by atoms with Gasteiger partial charge in [0.05, 0.1) is 0 Å². The van der Waals surface area contributed by atoms with E-state index >= 15 is 0 Å². The summed E-state index contributed by atoms with van der Waals surface area (Å²) in [4.78, 5) is 22.9. The van der Waals surface area contributed by atoms with E-state index in [-0.39, 0.29) is 5.91 Å². The summed E-state index contributed by atoms with van der Waals surface area (Å²) in [6.45, 7) is 6.75. The van der Waals surface area contributed by atoms with Crippen LogP contribution >= 0.6 is 0 Å². The van der Waals surface area contributed by atoms with Crippen molar-refractivity contribution >= 4 is 11.9 Å². The van der Waals surface area contributed by atoms with Crippen molar-refractivity contribution < 1.29 is 4.79 Å². The molecule has 1 N–H and O–H groups in total. The number of nitrogens with zero attached hydrogens (tertiary/aromatic N) is 3. The standard InChI is InChI=1S/C15H24N4O/c1-12(2)11-17-15-16-8-7-13(18-15)14(20)19-9-5-3-4-6-10-19/h7-8,12H,3-6,9-11H2,1-2H3,(H,16,17,18). The minimum Gasteiger partial charge on any atom is -0.354 e.